The molecule has 0 spiro atoms. The highest BCUT2D eigenvalue weighted by molar-refractivity contribution is 5.94. The number of hydrogen-bond donors (Lipinski definition) is 1. The second kappa shape index (κ2) is 7.86. The summed E-state index contributed by atoms with van der Waals surface area (Å²) >= 11 is 0. The van der Waals surface area contributed by atoms with E-state index >= 15 is 0 Å². The Bertz CT molecular complexity index is 800. The summed E-state index contributed by atoms with van der Waals surface area (Å²) < 4.78 is 10.0. The summed E-state index contributed by atoms with van der Waals surface area (Å²) in [7, 11) is 0. The molecule has 0 aliphatic carbocycles. The highest BCUT2D eigenvalue weighted by Gasteiger charge is 2.24. The quantitative estimate of drug-likeness (QED) is 0.821. The summed E-state index contributed by atoms with van der Waals surface area (Å²) in [5.74, 6) is -1.33. The van der Waals surface area contributed by atoms with E-state index in [1.54, 1.807) is 11.0 Å². The van der Waals surface area contributed by atoms with E-state index in [-0.39, 0.29) is 18.3 Å². The molecule has 2 aromatic rings. The lowest BCUT2D eigenvalue weighted by molar-refractivity contribution is -0.153. The van der Waals surface area contributed by atoms with E-state index < -0.39 is 17.9 Å². The van der Waals surface area contributed by atoms with Crippen LogP contribution < -0.4 is 5.32 Å². The van der Waals surface area contributed by atoms with E-state index in [0.717, 1.165) is 12.0 Å². The van der Waals surface area contributed by atoms with Crippen LogP contribution >= 0.6 is 0 Å². The van der Waals surface area contributed by atoms with Crippen molar-refractivity contribution in [1.82, 2.24) is 10.2 Å². The van der Waals surface area contributed by atoms with E-state index in [2.05, 4.69) is 11.4 Å². The zero-order valence-electron chi connectivity index (χ0n) is 14.4. The standard InChI is InChI=1S/C19H20N2O5/c1-13(20-18(23)16-7-4-10-25-16)19(24)26-12-17(22)21-9-8-14-5-2-3-6-15(14)11-21/h2-7,10,13H,8-9,11-12H2,1H3,(H,20,23)/t13-/m0/s1. The molecule has 136 valence electrons. The van der Waals surface area contributed by atoms with Crippen molar-refractivity contribution in [3.63, 3.8) is 0 Å². The van der Waals surface area contributed by atoms with E-state index in [9.17, 15) is 14.4 Å². The van der Waals surface area contributed by atoms with Gasteiger partial charge in [-0.05, 0) is 36.6 Å². The molecular formula is C19H20N2O5. The number of carbonyl (C=O) groups is 3. The van der Waals surface area contributed by atoms with Gasteiger partial charge in [0.15, 0.2) is 12.4 Å². The number of esters is 1. The maximum Gasteiger partial charge on any atom is 0.328 e. The molecule has 1 aromatic carbocycles. The van der Waals surface area contributed by atoms with Gasteiger partial charge in [0.25, 0.3) is 11.8 Å². The topological polar surface area (TPSA) is 88.9 Å². The Morgan fingerprint density at radius 2 is 1.96 bits per heavy atom. The van der Waals surface area contributed by atoms with Gasteiger partial charge in [-0.3, -0.25) is 9.59 Å². The molecule has 7 heteroatoms. The molecular weight excluding hydrogens is 336 g/mol. The van der Waals surface area contributed by atoms with Crippen molar-refractivity contribution in [1.29, 1.82) is 0 Å². The summed E-state index contributed by atoms with van der Waals surface area (Å²) in [6.07, 6.45) is 2.15. The number of nitrogens with zero attached hydrogens (tertiary/aromatic N) is 1. The molecule has 1 aliphatic rings. The molecule has 3 rings (SSSR count). The first kappa shape index (κ1) is 17.7. The number of ether oxygens (including phenoxy) is 1. The van der Waals surface area contributed by atoms with Crippen LogP contribution in [-0.2, 0) is 27.3 Å². The summed E-state index contributed by atoms with van der Waals surface area (Å²) in [6.45, 7) is 2.25. The fourth-order valence-electron chi connectivity index (χ4n) is 2.79. The second-order valence-corrected chi connectivity index (χ2v) is 6.11. The zero-order valence-corrected chi connectivity index (χ0v) is 14.4. The fraction of sp³-hybridized carbons (Fsp3) is 0.316. The van der Waals surface area contributed by atoms with Crippen molar-refractivity contribution in [2.24, 2.45) is 0 Å². The van der Waals surface area contributed by atoms with Crippen LogP contribution in [0.4, 0.5) is 0 Å². The van der Waals surface area contributed by atoms with Crippen molar-refractivity contribution in [2.45, 2.75) is 25.9 Å². The molecule has 7 nitrogen and oxygen atoms in total. The van der Waals surface area contributed by atoms with Gasteiger partial charge in [0, 0.05) is 13.1 Å². The molecule has 0 saturated heterocycles. The monoisotopic (exact) mass is 356 g/mol. The predicted octanol–water partition coefficient (Wildman–Crippen LogP) is 1.53. The fourth-order valence-corrected chi connectivity index (χ4v) is 2.79. The number of carbonyl (C=O) groups excluding carboxylic acids is 3. The number of benzene rings is 1. The lowest BCUT2D eigenvalue weighted by atomic mass is 10.00. The lowest BCUT2D eigenvalue weighted by Crippen LogP contribution is -2.42. The minimum Gasteiger partial charge on any atom is -0.459 e. The maximum atomic E-state index is 12.3. The molecule has 1 aliphatic heterocycles. The van der Waals surface area contributed by atoms with Crippen LogP contribution in [0.2, 0.25) is 0 Å². The number of furan rings is 1. The van der Waals surface area contributed by atoms with Crippen LogP contribution in [0.25, 0.3) is 0 Å². The highest BCUT2D eigenvalue weighted by atomic mass is 16.5. The molecule has 0 saturated carbocycles. The number of amides is 2. The number of hydrogen-bond acceptors (Lipinski definition) is 5. The van der Waals surface area contributed by atoms with Crippen LogP contribution in [0.3, 0.4) is 0 Å². The largest absolute Gasteiger partial charge is 0.459 e. The molecule has 2 heterocycles. The van der Waals surface area contributed by atoms with Gasteiger partial charge in [-0.1, -0.05) is 24.3 Å². The number of nitrogens with one attached hydrogen (secondary N) is 1. The van der Waals surface area contributed by atoms with Gasteiger partial charge in [-0.25, -0.2) is 4.79 Å². The molecule has 1 atom stereocenters. The Labute approximate surface area is 150 Å². The van der Waals surface area contributed by atoms with Gasteiger partial charge in [-0.15, -0.1) is 0 Å². The molecule has 0 radical (unpaired) electrons. The SMILES string of the molecule is C[C@H](NC(=O)c1ccco1)C(=O)OCC(=O)N1CCc2ccccc2C1. The van der Waals surface area contributed by atoms with Crippen molar-refractivity contribution in [3.8, 4) is 0 Å². The Hall–Kier alpha value is -3.09. The van der Waals surface area contributed by atoms with E-state index in [1.165, 1.54) is 24.8 Å². The Morgan fingerprint density at radius 1 is 1.19 bits per heavy atom. The van der Waals surface area contributed by atoms with Gasteiger partial charge in [0.2, 0.25) is 0 Å². The highest BCUT2D eigenvalue weighted by Crippen LogP contribution is 2.18. The van der Waals surface area contributed by atoms with Gasteiger partial charge < -0.3 is 19.4 Å². The summed E-state index contributed by atoms with van der Waals surface area (Å²) in [4.78, 5) is 37.8. The Balaban J connectivity index is 1.47. The second-order valence-electron chi connectivity index (χ2n) is 6.11. The third-order valence-corrected chi connectivity index (χ3v) is 4.27. The van der Waals surface area contributed by atoms with Crippen LogP contribution in [0.15, 0.2) is 47.1 Å². The van der Waals surface area contributed by atoms with Gasteiger partial charge in [0.05, 0.1) is 6.26 Å². The van der Waals surface area contributed by atoms with Crippen molar-refractivity contribution < 1.29 is 23.5 Å². The minimum absolute atomic E-state index is 0.104. The summed E-state index contributed by atoms with van der Waals surface area (Å²) in [5.41, 5.74) is 2.35. The first-order valence-electron chi connectivity index (χ1n) is 8.40. The predicted molar refractivity (Wildman–Crippen MR) is 92.2 cm³/mol. The first-order chi connectivity index (χ1) is 12.5. The van der Waals surface area contributed by atoms with E-state index in [0.29, 0.717) is 13.1 Å². The summed E-state index contributed by atoms with van der Waals surface area (Å²) in [5, 5.41) is 2.47. The third-order valence-electron chi connectivity index (χ3n) is 4.27. The van der Waals surface area contributed by atoms with Crippen molar-refractivity contribution in [2.75, 3.05) is 13.2 Å². The molecule has 0 bridgehead atoms. The molecule has 26 heavy (non-hydrogen) atoms. The normalized spacial score (nSPS) is 14.3. The van der Waals surface area contributed by atoms with Crippen LogP contribution in [0.5, 0.6) is 0 Å². The van der Waals surface area contributed by atoms with Crippen molar-refractivity contribution >= 4 is 17.8 Å². The van der Waals surface area contributed by atoms with E-state index in [4.69, 9.17) is 9.15 Å². The third kappa shape index (κ3) is 4.11. The molecule has 0 fully saturated rings. The summed E-state index contributed by atoms with van der Waals surface area (Å²) in [6, 6.07) is 10.2. The zero-order chi connectivity index (χ0) is 18.5. The Kier molecular flexibility index (Phi) is 5.36. The van der Waals surface area contributed by atoms with Crippen LogP contribution in [0.1, 0.15) is 28.6 Å². The lowest BCUT2D eigenvalue weighted by Gasteiger charge is -2.28. The first-order valence-corrected chi connectivity index (χ1v) is 8.40. The average Bonchev–Trinajstić information content (AvgIpc) is 3.20. The molecule has 0 unspecified atom stereocenters. The van der Waals surface area contributed by atoms with Gasteiger partial charge >= 0.3 is 5.97 Å². The van der Waals surface area contributed by atoms with E-state index in [1.807, 2.05) is 18.2 Å². The molecule has 1 N–H and O–H groups in total. The maximum absolute atomic E-state index is 12.3. The average molecular weight is 356 g/mol. The van der Waals surface area contributed by atoms with Gasteiger partial charge in [0.1, 0.15) is 6.04 Å². The van der Waals surface area contributed by atoms with Crippen LogP contribution in [-0.4, -0.2) is 41.9 Å². The smallest absolute Gasteiger partial charge is 0.328 e. The van der Waals surface area contributed by atoms with Crippen molar-refractivity contribution in [3.05, 3.63) is 59.5 Å². The Morgan fingerprint density at radius 3 is 2.69 bits per heavy atom. The molecule has 2 amide bonds. The van der Waals surface area contributed by atoms with Crippen LogP contribution in [0, 0.1) is 0 Å². The van der Waals surface area contributed by atoms with Gasteiger partial charge in [-0.2, -0.15) is 0 Å². The molecule has 1 aromatic heterocycles. The minimum atomic E-state index is -0.887. The number of rotatable bonds is 5. The number of fused-ring (bicyclic) bond motifs is 1.